The number of rotatable bonds is 6. The van der Waals surface area contributed by atoms with Crippen LogP contribution in [0.5, 0.6) is 0 Å². The predicted octanol–water partition coefficient (Wildman–Crippen LogP) is 2.04. The molecule has 2 nitrogen and oxygen atoms in total. The number of nitriles is 1. The van der Waals surface area contributed by atoms with Crippen molar-refractivity contribution in [3.8, 4) is 6.07 Å². The molecular weight excluding hydrogens is 295 g/mol. The fourth-order valence-electron chi connectivity index (χ4n) is 1.82. The van der Waals surface area contributed by atoms with Crippen LogP contribution < -0.4 is 23.8 Å². The number of benzene rings is 2. The van der Waals surface area contributed by atoms with E-state index in [4.69, 9.17) is 0 Å². The SMILES string of the molecule is CN(/C(C#N)=C\[CH-]/C=C/Sc1ccccc1)c1ccccc1.[Li+]. The van der Waals surface area contributed by atoms with Gasteiger partial charge in [-0.25, -0.2) is 5.26 Å². The van der Waals surface area contributed by atoms with E-state index in [1.807, 2.05) is 84.5 Å². The third kappa shape index (κ3) is 6.35. The van der Waals surface area contributed by atoms with Crippen molar-refractivity contribution in [3.63, 3.8) is 0 Å². The van der Waals surface area contributed by atoms with Crippen molar-refractivity contribution in [1.82, 2.24) is 0 Å². The average Bonchev–Trinajstić information content (AvgIpc) is 2.59. The summed E-state index contributed by atoms with van der Waals surface area (Å²) in [4.78, 5) is 3.06. The minimum atomic E-state index is 0. The Labute approximate surface area is 154 Å². The quantitative estimate of drug-likeness (QED) is 0.353. The van der Waals surface area contributed by atoms with E-state index in [0.717, 1.165) is 5.69 Å². The van der Waals surface area contributed by atoms with Gasteiger partial charge in [0.2, 0.25) is 0 Å². The molecule has 0 N–H and O–H groups in total. The van der Waals surface area contributed by atoms with Crippen LogP contribution in [0.2, 0.25) is 0 Å². The van der Waals surface area contributed by atoms with Gasteiger partial charge in [0, 0.05) is 17.5 Å². The van der Waals surface area contributed by atoms with Crippen LogP contribution in [0.3, 0.4) is 0 Å². The smallest absolute Gasteiger partial charge is 0.388 e. The van der Waals surface area contributed by atoms with Gasteiger partial charge in [0.15, 0.2) is 0 Å². The molecule has 0 fully saturated rings. The van der Waals surface area contributed by atoms with E-state index >= 15 is 0 Å². The van der Waals surface area contributed by atoms with Gasteiger partial charge in [0.05, 0.1) is 0 Å². The monoisotopic (exact) mass is 312 g/mol. The third-order valence-electron chi connectivity index (χ3n) is 3.01. The molecule has 0 bridgehead atoms. The molecule has 4 heteroatoms. The Morgan fingerprint density at radius 2 is 1.70 bits per heavy atom. The van der Waals surface area contributed by atoms with Gasteiger partial charge in [0.25, 0.3) is 0 Å². The van der Waals surface area contributed by atoms with Crippen LogP contribution in [0.4, 0.5) is 5.69 Å². The van der Waals surface area contributed by atoms with Gasteiger partial charge in [0.1, 0.15) is 0 Å². The first-order valence-electron chi connectivity index (χ1n) is 6.92. The van der Waals surface area contributed by atoms with Gasteiger partial charge < -0.3 is 4.90 Å². The Kier molecular flexibility index (Phi) is 8.88. The normalized spacial score (nSPS) is 10.7. The summed E-state index contributed by atoms with van der Waals surface area (Å²) < 4.78 is 0. The Bertz CT molecular complexity index is 676. The van der Waals surface area contributed by atoms with Crippen molar-refractivity contribution in [2.45, 2.75) is 4.90 Å². The van der Waals surface area contributed by atoms with Gasteiger partial charge in [-0.1, -0.05) is 36.4 Å². The number of hydrogen-bond donors (Lipinski definition) is 0. The van der Waals surface area contributed by atoms with Crippen molar-refractivity contribution in [1.29, 1.82) is 5.26 Å². The second kappa shape index (κ2) is 10.7. The summed E-state index contributed by atoms with van der Waals surface area (Å²) in [7, 11) is 1.89. The number of allylic oxidation sites excluding steroid dienone is 3. The molecule has 2 aromatic carbocycles. The zero-order chi connectivity index (χ0) is 15.6. The average molecular weight is 312 g/mol. The fraction of sp³-hybridized carbons (Fsp3) is 0.0526. The van der Waals surface area contributed by atoms with E-state index < -0.39 is 0 Å². The molecule has 0 unspecified atom stereocenters. The van der Waals surface area contributed by atoms with Crippen LogP contribution in [-0.2, 0) is 0 Å². The molecule has 0 amide bonds. The predicted molar refractivity (Wildman–Crippen MR) is 94.3 cm³/mol. The van der Waals surface area contributed by atoms with Crippen LogP contribution in [0.15, 0.2) is 88.8 Å². The molecule has 0 aromatic heterocycles. The van der Waals surface area contributed by atoms with Gasteiger partial charge in [-0.2, -0.15) is 24.3 Å². The first-order valence-corrected chi connectivity index (χ1v) is 7.80. The number of anilines is 1. The second-order valence-corrected chi connectivity index (χ2v) is 5.49. The molecule has 0 radical (unpaired) electrons. The minimum Gasteiger partial charge on any atom is -0.388 e. The molecule has 0 heterocycles. The van der Waals surface area contributed by atoms with Crippen LogP contribution in [0.25, 0.3) is 0 Å². The first kappa shape index (κ1) is 19.1. The molecular formula is C19H17LiN2S. The van der Waals surface area contributed by atoms with Crippen LogP contribution in [-0.4, -0.2) is 7.05 Å². The maximum Gasteiger partial charge on any atom is 1.00 e. The number of thioether (sulfide) groups is 1. The summed E-state index contributed by atoms with van der Waals surface area (Å²) >= 11 is 1.65. The molecule has 0 spiro atoms. The maximum absolute atomic E-state index is 9.28. The molecule has 2 rings (SSSR count). The van der Waals surface area contributed by atoms with E-state index in [1.54, 1.807) is 11.8 Å². The number of nitrogens with zero attached hydrogens (tertiary/aromatic N) is 2. The van der Waals surface area contributed by atoms with Gasteiger partial charge in [-0.05, 0) is 36.2 Å². The standard InChI is InChI=1S/C19H17N2S.Li/c1-21(17-10-4-2-5-11-17)18(16-20)12-8-9-15-22-19-13-6-3-7-14-19;/h2-15H,1H3;/q-1;+1/b15-9+,18-12-;. The van der Waals surface area contributed by atoms with E-state index in [1.165, 1.54) is 4.90 Å². The van der Waals surface area contributed by atoms with Gasteiger partial charge in [-0.15, -0.1) is 11.5 Å². The molecule has 2 aromatic rings. The topological polar surface area (TPSA) is 27.0 Å². The third-order valence-corrected chi connectivity index (χ3v) is 3.85. The molecule has 0 saturated carbocycles. The van der Waals surface area contributed by atoms with E-state index in [-0.39, 0.29) is 18.9 Å². The number of para-hydroxylation sites is 1. The summed E-state index contributed by atoms with van der Waals surface area (Å²) in [6.45, 7) is 0. The van der Waals surface area contributed by atoms with Gasteiger partial charge in [-0.3, -0.25) is 0 Å². The number of hydrogen-bond acceptors (Lipinski definition) is 3. The zero-order valence-corrected chi connectivity index (χ0v) is 14.2. The summed E-state index contributed by atoms with van der Waals surface area (Å²) in [5, 5.41) is 11.3. The molecule has 0 atom stereocenters. The largest absolute Gasteiger partial charge is 1.00 e. The Balaban J connectivity index is 0.00000264. The Hall–Kier alpha value is -1.97. The first-order chi connectivity index (χ1) is 10.8. The Morgan fingerprint density at radius 3 is 2.30 bits per heavy atom. The molecule has 23 heavy (non-hydrogen) atoms. The van der Waals surface area contributed by atoms with Crippen molar-refractivity contribution < 1.29 is 18.9 Å². The summed E-state index contributed by atoms with van der Waals surface area (Å²) in [5.41, 5.74) is 1.59. The molecule has 0 aliphatic rings. The van der Waals surface area contributed by atoms with Gasteiger partial charge >= 0.3 is 18.9 Å². The van der Waals surface area contributed by atoms with Crippen LogP contribution in [0, 0.1) is 17.8 Å². The van der Waals surface area contributed by atoms with Crippen molar-refractivity contribution in [2.75, 3.05) is 11.9 Å². The summed E-state index contributed by atoms with van der Waals surface area (Å²) in [5.74, 6) is 0. The van der Waals surface area contributed by atoms with E-state index in [9.17, 15) is 5.26 Å². The molecule has 0 aliphatic carbocycles. The van der Waals surface area contributed by atoms with Crippen LogP contribution >= 0.6 is 11.8 Å². The molecule has 0 saturated heterocycles. The van der Waals surface area contributed by atoms with E-state index in [2.05, 4.69) is 18.2 Å². The van der Waals surface area contributed by atoms with Crippen molar-refractivity contribution in [2.24, 2.45) is 0 Å². The molecule has 110 valence electrons. The summed E-state index contributed by atoms with van der Waals surface area (Å²) in [6.07, 6.45) is 5.64. The van der Waals surface area contributed by atoms with E-state index in [0.29, 0.717) is 5.70 Å². The summed E-state index contributed by atoms with van der Waals surface area (Å²) in [6, 6.07) is 22.2. The fourth-order valence-corrected chi connectivity index (χ4v) is 2.46. The second-order valence-electron chi connectivity index (χ2n) is 4.51. The van der Waals surface area contributed by atoms with Crippen molar-refractivity contribution in [3.05, 3.63) is 90.3 Å². The van der Waals surface area contributed by atoms with Crippen molar-refractivity contribution >= 4 is 17.4 Å². The Morgan fingerprint density at radius 1 is 1.09 bits per heavy atom. The maximum atomic E-state index is 9.28. The zero-order valence-electron chi connectivity index (χ0n) is 13.4. The minimum absolute atomic E-state index is 0. The molecule has 0 aliphatic heterocycles. The van der Waals surface area contributed by atoms with Crippen LogP contribution in [0.1, 0.15) is 0 Å².